The summed E-state index contributed by atoms with van der Waals surface area (Å²) in [6.07, 6.45) is 1.74. The molecule has 0 amide bonds. The first-order valence-electron chi connectivity index (χ1n) is 3.67. The van der Waals surface area contributed by atoms with Gasteiger partial charge in [0.15, 0.2) is 6.29 Å². The van der Waals surface area contributed by atoms with Gasteiger partial charge in [-0.15, -0.1) is 0 Å². The molecular formula is C6H11N3O2. The van der Waals surface area contributed by atoms with Crippen LogP contribution in [-0.2, 0) is 4.74 Å². The van der Waals surface area contributed by atoms with E-state index in [4.69, 9.17) is 15.4 Å². The van der Waals surface area contributed by atoms with Crippen LogP contribution in [0.15, 0.2) is 5.11 Å². The first-order valence-corrected chi connectivity index (χ1v) is 3.67. The van der Waals surface area contributed by atoms with Crippen molar-refractivity contribution in [2.75, 3.05) is 6.54 Å². The maximum absolute atomic E-state index is 9.02. The molecule has 1 N–H and O–H groups in total. The van der Waals surface area contributed by atoms with E-state index in [-0.39, 0.29) is 6.10 Å². The van der Waals surface area contributed by atoms with Gasteiger partial charge in [0.25, 0.3) is 0 Å². The van der Waals surface area contributed by atoms with E-state index in [2.05, 4.69) is 10.0 Å². The minimum absolute atomic E-state index is 0.0883. The van der Waals surface area contributed by atoms with Gasteiger partial charge in [-0.05, 0) is 24.8 Å². The zero-order valence-electron chi connectivity index (χ0n) is 6.18. The van der Waals surface area contributed by atoms with E-state index in [1.54, 1.807) is 0 Å². The number of aliphatic hydroxyl groups excluding tert-OH is 1. The fourth-order valence-electron chi connectivity index (χ4n) is 1.14. The van der Waals surface area contributed by atoms with Crippen LogP contribution in [0, 0.1) is 0 Å². The molecule has 1 heterocycles. The zero-order chi connectivity index (χ0) is 8.10. The summed E-state index contributed by atoms with van der Waals surface area (Å²) in [6.45, 7) is 0.327. The molecule has 1 rings (SSSR count). The summed E-state index contributed by atoms with van der Waals surface area (Å²) in [7, 11) is 0. The molecule has 5 heteroatoms. The predicted octanol–water partition coefficient (Wildman–Crippen LogP) is 1.18. The van der Waals surface area contributed by atoms with Gasteiger partial charge >= 0.3 is 0 Å². The summed E-state index contributed by atoms with van der Waals surface area (Å²) in [4.78, 5) is 2.62. The lowest BCUT2D eigenvalue weighted by atomic mass is 10.1. The van der Waals surface area contributed by atoms with Crippen molar-refractivity contribution < 1.29 is 9.84 Å². The van der Waals surface area contributed by atoms with Crippen LogP contribution < -0.4 is 0 Å². The molecule has 5 nitrogen and oxygen atoms in total. The molecule has 0 saturated carbocycles. The molecule has 11 heavy (non-hydrogen) atoms. The van der Waals surface area contributed by atoms with Crippen molar-refractivity contribution in [2.45, 2.75) is 31.7 Å². The SMILES string of the molecule is [N-]=[N+]=NC[C@H]1CCCC(O)O1. The molecule has 0 aromatic rings. The van der Waals surface area contributed by atoms with Crippen LogP contribution in [0.25, 0.3) is 10.4 Å². The van der Waals surface area contributed by atoms with Gasteiger partial charge < -0.3 is 9.84 Å². The van der Waals surface area contributed by atoms with E-state index < -0.39 is 6.29 Å². The van der Waals surface area contributed by atoms with Crippen LogP contribution in [0.2, 0.25) is 0 Å². The summed E-state index contributed by atoms with van der Waals surface area (Å²) >= 11 is 0. The van der Waals surface area contributed by atoms with Gasteiger partial charge in [0.2, 0.25) is 0 Å². The van der Waals surface area contributed by atoms with Crippen molar-refractivity contribution in [3.63, 3.8) is 0 Å². The van der Waals surface area contributed by atoms with Crippen LogP contribution in [0.4, 0.5) is 0 Å². The van der Waals surface area contributed by atoms with Crippen molar-refractivity contribution in [3.8, 4) is 0 Å². The topological polar surface area (TPSA) is 78.2 Å². The number of nitrogens with zero attached hydrogens (tertiary/aromatic N) is 3. The first kappa shape index (κ1) is 8.33. The van der Waals surface area contributed by atoms with Crippen molar-refractivity contribution in [1.82, 2.24) is 0 Å². The van der Waals surface area contributed by atoms with Gasteiger partial charge in [-0.2, -0.15) is 0 Å². The largest absolute Gasteiger partial charge is 0.368 e. The third-order valence-electron chi connectivity index (χ3n) is 1.68. The van der Waals surface area contributed by atoms with Crippen LogP contribution in [0.5, 0.6) is 0 Å². The van der Waals surface area contributed by atoms with Gasteiger partial charge in [-0.3, -0.25) is 0 Å². The molecule has 0 radical (unpaired) electrons. The highest BCUT2D eigenvalue weighted by Gasteiger charge is 2.18. The average molecular weight is 157 g/mol. The normalized spacial score (nSPS) is 31.0. The summed E-state index contributed by atoms with van der Waals surface area (Å²) < 4.78 is 5.08. The van der Waals surface area contributed by atoms with E-state index in [0.717, 1.165) is 12.8 Å². The second-order valence-corrected chi connectivity index (χ2v) is 2.56. The van der Waals surface area contributed by atoms with Crippen LogP contribution in [0.3, 0.4) is 0 Å². The monoisotopic (exact) mass is 157 g/mol. The minimum atomic E-state index is -0.664. The fraction of sp³-hybridized carbons (Fsp3) is 1.00. The van der Waals surface area contributed by atoms with Gasteiger partial charge in [-0.25, -0.2) is 0 Å². The molecule has 0 spiro atoms. The van der Waals surface area contributed by atoms with E-state index in [1.807, 2.05) is 0 Å². The second-order valence-electron chi connectivity index (χ2n) is 2.56. The number of aliphatic hydroxyl groups is 1. The first-order chi connectivity index (χ1) is 5.33. The molecule has 62 valence electrons. The molecule has 1 unspecified atom stereocenters. The zero-order valence-corrected chi connectivity index (χ0v) is 6.18. The molecule has 0 aliphatic carbocycles. The summed E-state index contributed by atoms with van der Waals surface area (Å²) in [5, 5.41) is 12.4. The van der Waals surface area contributed by atoms with Gasteiger partial charge in [0.1, 0.15) is 0 Å². The van der Waals surface area contributed by atoms with E-state index in [0.29, 0.717) is 13.0 Å². The quantitative estimate of drug-likeness (QED) is 0.371. The van der Waals surface area contributed by atoms with Gasteiger partial charge in [0, 0.05) is 4.91 Å². The fourth-order valence-corrected chi connectivity index (χ4v) is 1.14. The molecule has 0 bridgehead atoms. The maximum atomic E-state index is 9.02. The third kappa shape index (κ3) is 2.76. The summed E-state index contributed by atoms with van der Waals surface area (Å²) in [5.41, 5.74) is 8.00. The molecule has 1 fully saturated rings. The van der Waals surface area contributed by atoms with Crippen LogP contribution >= 0.6 is 0 Å². The number of hydrogen-bond donors (Lipinski definition) is 1. The lowest BCUT2D eigenvalue weighted by Gasteiger charge is -2.25. The van der Waals surface area contributed by atoms with E-state index in [1.165, 1.54) is 0 Å². The minimum Gasteiger partial charge on any atom is -0.368 e. The lowest BCUT2D eigenvalue weighted by Crippen LogP contribution is -2.29. The lowest BCUT2D eigenvalue weighted by molar-refractivity contribution is -0.158. The van der Waals surface area contributed by atoms with Crippen LogP contribution in [-0.4, -0.2) is 24.0 Å². The number of hydrogen-bond acceptors (Lipinski definition) is 3. The molecular weight excluding hydrogens is 146 g/mol. The number of rotatable bonds is 2. The molecule has 1 aliphatic heterocycles. The molecule has 1 saturated heterocycles. The average Bonchev–Trinajstić information content (AvgIpc) is 2.01. The van der Waals surface area contributed by atoms with Crippen molar-refractivity contribution in [1.29, 1.82) is 0 Å². The van der Waals surface area contributed by atoms with E-state index >= 15 is 0 Å². The number of azide groups is 1. The van der Waals surface area contributed by atoms with Gasteiger partial charge in [-0.1, -0.05) is 5.11 Å². The molecule has 1 aliphatic rings. The summed E-state index contributed by atoms with van der Waals surface area (Å²) in [6, 6.07) is 0. The Bertz CT molecular complexity index is 167. The highest BCUT2D eigenvalue weighted by atomic mass is 16.6. The second kappa shape index (κ2) is 4.18. The standard InChI is InChI=1S/C6H11N3O2/c7-9-8-4-5-2-1-3-6(10)11-5/h5-6,10H,1-4H2/t5-,6?/m1/s1. The Hall–Kier alpha value is -0.770. The Morgan fingerprint density at radius 1 is 1.64 bits per heavy atom. The Morgan fingerprint density at radius 3 is 3.09 bits per heavy atom. The highest BCUT2D eigenvalue weighted by Crippen LogP contribution is 2.17. The van der Waals surface area contributed by atoms with Crippen molar-refractivity contribution >= 4 is 0 Å². The van der Waals surface area contributed by atoms with E-state index in [9.17, 15) is 0 Å². The Labute approximate surface area is 64.6 Å². The molecule has 2 atom stereocenters. The third-order valence-corrected chi connectivity index (χ3v) is 1.68. The van der Waals surface area contributed by atoms with Crippen LogP contribution in [0.1, 0.15) is 19.3 Å². The maximum Gasteiger partial charge on any atom is 0.154 e. The Kier molecular flexibility index (Phi) is 3.16. The Balaban J connectivity index is 2.27. The van der Waals surface area contributed by atoms with Crippen molar-refractivity contribution in [2.24, 2.45) is 5.11 Å². The molecule has 0 aromatic carbocycles. The van der Waals surface area contributed by atoms with Gasteiger partial charge in [0.05, 0.1) is 12.6 Å². The highest BCUT2D eigenvalue weighted by molar-refractivity contribution is 4.67. The van der Waals surface area contributed by atoms with Crippen molar-refractivity contribution in [3.05, 3.63) is 10.4 Å². The summed E-state index contributed by atoms with van der Waals surface area (Å²) in [5.74, 6) is 0. The smallest absolute Gasteiger partial charge is 0.154 e. The predicted molar refractivity (Wildman–Crippen MR) is 38.7 cm³/mol. The molecule has 0 aromatic heterocycles. The number of ether oxygens (including phenoxy) is 1. The Morgan fingerprint density at radius 2 is 2.45 bits per heavy atom.